The van der Waals surface area contributed by atoms with Gasteiger partial charge in [-0.25, -0.2) is 18.4 Å². The van der Waals surface area contributed by atoms with E-state index in [2.05, 4.69) is 15.3 Å². The monoisotopic (exact) mass is 473 g/mol. The average Bonchev–Trinajstić information content (AvgIpc) is 3.20. The zero-order valence-electron chi connectivity index (χ0n) is 15.9. The molecule has 0 aliphatic carbocycles. The van der Waals surface area contributed by atoms with Crippen molar-refractivity contribution >= 4 is 32.2 Å². The number of sulfone groups is 1. The van der Waals surface area contributed by atoms with Crippen molar-refractivity contribution in [1.82, 2.24) is 9.97 Å². The van der Waals surface area contributed by atoms with Crippen LogP contribution in [0.2, 0.25) is 0 Å². The van der Waals surface area contributed by atoms with Gasteiger partial charge < -0.3 is 9.47 Å². The molecule has 0 atom stereocenters. The molecule has 0 saturated heterocycles. The van der Waals surface area contributed by atoms with E-state index in [1.165, 1.54) is 14.2 Å². The quantitative estimate of drug-likeness (QED) is 0.581. The molecule has 3 aromatic rings. The number of hydrogen-bond acceptors (Lipinski definition) is 8. The minimum Gasteiger partial charge on any atom is -0.497 e. The smallest absolute Gasteiger partial charge is 0.497 e. The second-order valence-electron chi connectivity index (χ2n) is 5.86. The molecule has 0 bridgehead atoms. The van der Waals surface area contributed by atoms with Crippen LogP contribution in [-0.4, -0.2) is 44.0 Å². The van der Waals surface area contributed by atoms with Crippen molar-refractivity contribution in [2.24, 2.45) is 0 Å². The van der Waals surface area contributed by atoms with E-state index in [1.54, 1.807) is 23.6 Å². The van der Waals surface area contributed by atoms with Crippen molar-refractivity contribution in [1.29, 1.82) is 0 Å². The highest BCUT2D eigenvalue weighted by Gasteiger charge is 2.49. The first-order valence-electron chi connectivity index (χ1n) is 8.34. The van der Waals surface area contributed by atoms with E-state index in [9.17, 15) is 26.4 Å². The van der Waals surface area contributed by atoms with Crippen molar-refractivity contribution in [3.8, 4) is 22.8 Å². The predicted octanol–water partition coefficient (Wildman–Crippen LogP) is 3.77. The molecule has 31 heavy (non-hydrogen) atoms. The van der Waals surface area contributed by atoms with Gasteiger partial charge in [0, 0.05) is 17.1 Å². The molecular formula is C18H14F3N3O5S2. The Morgan fingerprint density at radius 3 is 2.55 bits per heavy atom. The van der Waals surface area contributed by atoms with Crippen LogP contribution in [-0.2, 0) is 9.84 Å². The lowest BCUT2D eigenvalue weighted by molar-refractivity contribution is -0.0438. The highest BCUT2D eigenvalue weighted by Crippen LogP contribution is 2.35. The number of carbonyl (C=O) groups is 1. The third kappa shape index (κ3) is 4.46. The van der Waals surface area contributed by atoms with Gasteiger partial charge in [-0.3, -0.25) is 10.1 Å². The molecule has 2 heterocycles. The van der Waals surface area contributed by atoms with Gasteiger partial charge in [0.15, 0.2) is 10.2 Å². The van der Waals surface area contributed by atoms with Crippen molar-refractivity contribution < 1.29 is 35.9 Å². The first kappa shape index (κ1) is 22.5. The highest BCUT2D eigenvalue weighted by atomic mass is 32.2. The standard InChI is InChI=1S/C18H14F3N3O5S2/c1-28-10-5-6-14(29-2)12(8-10)13-9-30-17(23-13)24-15(25)11-4-3-7-22-16(11)31(26,27)18(19,20)21/h3-9H,1-2H3,(H,23,24,25). The fraction of sp³-hybridized carbons (Fsp3) is 0.167. The molecule has 2 aromatic heterocycles. The summed E-state index contributed by atoms with van der Waals surface area (Å²) in [4.78, 5) is 20.0. The molecule has 3 rings (SSSR count). The van der Waals surface area contributed by atoms with Crippen molar-refractivity contribution in [2.45, 2.75) is 10.5 Å². The normalized spacial score (nSPS) is 11.8. The van der Waals surface area contributed by atoms with Crippen LogP contribution in [0.15, 0.2) is 46.9 Å². The first-order chi connectivity index (χ1) is 14.6. The number of nitrogens with zero attached hydrogens (tertiary/aromatic N) is 2. The maximum atomic E-state index is 12.9. The number of benzene rings is 1. The lowest BCUT2D eigenvalue weighted by Gasteiger charge is -2.11. The van der Waals surface area contributed by atoms with Crippen LogP contribution < -0.4 is 14.8 Å². The summed E-state index contributed by atoms with van der Waals surface area (Å²) < 4.78 is 72.7. The highest BCUT2D eigenvalue weighted by molar-refractivity contribution is 7.92. The van der Waals surface area contributed by atoms with E-state index < -0.39 is 31.8 Å². The Bertz CT molecular complexity index is 1230. The maximum absolute atomic E-state index is 12.9. The molecule has 0 fully saturated rings. The first-order valence-corrected chi connectivity index (χ1v) is 10.7. The fourth-order valence-corrected chi connectivity index (χ4v) is 4.10. The Morgan fingerprint density at radius 2 is 1.90 bits per heavy atom. The number of aromatic nitrogens is 2. The Morgan fingerprint density at radius 1 is 1.16 bits per heavy atom. The predicted molar refractivity (Wildman–Crippen MR) is 106 cm³/mol. The number of rotatable bonds is 6. The SMILES string of the molecule is COc1ccc(OC)c(-c2csc(NC(=O)c3cccnc3S(=O)(=O)C(F)(F)F)n2)c1. The molecule has 1 N–H and O–H groups in total. The van der Waals surface area contributed by atoms with Gasteiger partial charge in [-0.05, 0) is 30.3 Å². The summed E-state index contributed by atoms with van der Waals surface area (Å²) >= 11 is 0.987. The van der Waals surface area contributed by atoms with Crippen molar-refractivity contribution in [2.75, 3.05) is 19.5 Å². The molecule has 0 radical (unpaired) electrons. The summed E-state index contributed by atoms with van der Waals surface area (Å²) in [6, 6.07) is 7.09. The summed E-state index contributed by atoms with van der Waals surface area (Å²) in [6.07, 6.45) is 0.853. The fourth-order valence-electron chi connectivity index (χ4n) is 2.52. The molecule has 164 valence electrons. The second-order valence-corrected chi connectivity index (χ2v) is 8.58. The number of hydrogen-bond donors (Lipinski definition) is 1. The largest absolute Gasteiger partial charge is 0.503 e. The van der Waals surface area contributed by atoms with E-state index >= 15 is 0 Å². The number of pyridine rings is 1. The number of carbonyl (C=O) groups excluding carboxylic acids is 1. The minimum absolute atomic E-state index is 0.0316. The number of nitrogens with one attached hydrogen (secondary N) is 1. The van der Waals surface area contributed by atoms with E-state index in [-0.39, 0.29) is 5.13 Å². The Kier molecular flexibility index (Phi) is 6.18. The summed E-state index contributed by atoms with van der Waals surface area (Å²) in [7, 11) is -2.87. The summed E-state index contributed by atoms with van der Waals surface area (Å²) in [6.45, 7) is 0. The van der Waals surface area contributed by atoms with Gasteiger partial charge in [-0.2, -0.15) is 13.2 Å². The molecule has 8 nitrogen and oxygen atoms in total. The Labute approximate surface area is 178 Å². The van der Waals surface area contributed by atoms with Crippen LogP contribution in [0.1, 0.15) is 10.4 Å². The van der Waals surface area contributed by atoms with E-state index in [0.717, 1.165) is 29.7 Å². The number of amides is 1. The lowest BCUT2D eigenvalue weighted by Crippen LogP contribution is -2.27. The maximum Gasteiger partial charge on any atom is 0.503 e. The van der Waals surface area contributed by atoms with Gasteiger partial charge in [0.1, 0.15) is 11.5 Å². The number of ether oxygens (including phenoxy) is 2. The molecule has 1 aromatic carbocycles. The zero-order valence-corrected chi connectivity index (χ0v) is 17.6. The number of alkyl halides is 3. The van der Waals surface area contributed by atoms with Gasteiger partial charge in [0.25, 0.3) is 15.7 Å². The molecule has 0 aliphatic heterocycles. The Hall–Kier alpha value is -3.19. The van der Waals surface area contributed by atoms with E-state index in [0.29, 0.717) is 22.8 Å². The van der Waals surface area contributed by atoms with Crippen LogP contribution in [0.3, 0.4) is 0 Å². The van der Waals surface area contributed by atoms with Gasteiger partial charge in [0.05, 0.1) is 25.5 Å². The summed E-state index contributed by atoms with van der Waals surface area (Å²) in [5, 5.41) is 2.54. The zero-order chi connectivity index (χ0) is 22.8. The minimum atomic E-state index is -5.82. The lowest BCUT2D eigenvalue weighted by atomic mass is 10.1. The number of methoxy groups -OCH3 is 2. The molecule has 0 spiro atoms. The summed E-state index contributed by atoms with van der Waals surface area (Å²) in [5.41, 5.74) is -5.39. The number of anilines is 1. The van der Waals surface area contributed by atoms with Crippen LogP contribution in [0.4, 0.5) is 18.3 Å². The van der Waals surface area contributed by atoms with Gasteiger partial charge in [-0.1, -0.05) is 0 Å². The van der Waals surface area contributed by atoms with Crippen molar-refractivity contribution in [3.05, 3.63) is 47.5 Å². The molecular weight excluding hydrogens is 459 g/mol. The van der Waals surface area contributed by atoms with E-state index in [4.69, 9.17) is 9.47 Å². The molecule has 0 aliphatic rings. The van der Waals surface area contributed by atoms with Crippen molar-refractivity contribution in [3.63, 3.8) is 0 Å². The third-order valence-corrected chi connectivity index (χ3v) is 6.18. The third-order valence-electron chi connectivity index (χ3n) is 3.98. The average molecular weight is 473 g/mol. The molecule has 1 amide bonds. The van der Waals surface area contributed by atoms with Crippen LogP contribution >= 0.6 is 11.3 Å². The molecule has 0 saturated carbocycles. The van der Waals surface area contributed by atoms with E-state index in [1.807, 2.05) is 0 Å². The van der Waals surface area contributed by atoms with Gasteiger partial charge in [0.2, 0.25) is 0 Å². The van der Waals surface area contributed by atoms with Crippen LogP contribution in [0.5, 0.6) is 11.5 Å². The number of halogens is 3. The topological polar surface area (TPSA) is 107 Å². The van der Waals surface area contributed by atoms with Gasteiger partial charge in [-0.15, -0.1) is 11.3 Å². The van der Waals surface area contributed by atoms with Crippen LogP contribution in [0.25, 0.3) is 11.3 Å². The van der Waals surface area contributed by atoms with Crippen LogP contribution in [0, 0.1) is 0 Å². The molecule has 13 heteroatoms. The van der Waals surface area contributed by atoms with Gasteiger partial charge >= 0.3 is 5.51 Å². The summed E-state index contributed by atoms with van der Waals surface area (Å²) in [5.74, 6) is -0.0871. The Balaban J connectivity index is 1.92. The number of thiazole rings is 1. The molecule has 0 unspecified atom stereocenters. The second kappa shape index (κ2) is 8.51.